The third-order valence-corrected chi connectivity index (χ3v) is 7.74. The lowest BCUT2D eigenvalue weighted by Crippen LogP contribution is -2.41. The molecule has 3 aromatic rings. The average molecular weight is 497 g/mol. The van der Waals surface area contributed by atoms with Crippen LogP contribution >= 0.6 is 11.8 Å². The van der Waals surface area contributed by atoms with E-state index < -0.39 is 11.3 Å². The van der Waals surface area contributed by atoms with Crippen LogP contribution in [0.4, 0.5) is 11.4 Å². The minimum Gasteiger partial charge on any atom is -0.325 e. The highest BCUT2D eigenvalue weighted by atomic mass is 32.2. The Morgan fingerprint density at radius 1 is 1.03 bits per heavy atom. The number of para-hydroxylation sites is 1. The predicted molar refractivity (Wildman–Crippen MR) is 147 cm³/mol. The Kier molecular flexibility index (Phi) is 6.49. The number of hydrogen-bond acceptors (Lipinski definition) is 5. The molecule has 0 unspecified atom stereocenters. The Bertz CT molecular complexity index is 1390. The Balaban J connectivity index is 1.46. The standard InChI is InChI=1S/C29H28N4O2S/c1-5-23(27(34)32-24-18(3)15-17(2)16-19(24)4)36-29-30-22-14-10-9-13-21(22)26-31-25(28(35)33(26)29)20-11-7-6-8-12-20/h6-16,23,25H,5H2,1-4H3,(H,32,34)/t23-,25+/m0/s1. The molecule has 7 heteroatoms. The summed E-state index contributed by atoms with van der Waals surface area (Å²) in [5.74, 6) is 0.323. The van der Waals surface area contributed by atoms with Crippen LogP contribution in [0.15, 0.2) is 76.7 Å². The van der Waals surface area contributed by atoms with Gasteiger partial charge in [-0.25, -0.2) is 14.9 Å². The van der Waals surface area contributed by atoms with Crippen molar-refractivity contribution >= 4 is 46.0 Å². The average Bonchev–Trinajstić information content (AvgIpc) is 3.22. The molecule has 3 aromatic carbocycles. The van der Waals surface area contributed by atoms with Gasteiger partial charge in [-0.15, -0.1) is 0 Å². The van der Waals surface area contributed by atoms with Gasteiger partial charge in [0.25, 0.3) is 5.91 Å². The van der Waals surface area contributed by atoms with E-state index in [-0.39, 0.29) is 11.8 Å². The van der Waals surface area contributed by atoms with Gasteiger partial charge in [0.15, 0.2) is 11.2 Å². The number of fused-ring (bicyclic) bond motifs is 3. The van der Waals surface area contributed by atoms with Crippen molar-refractivity contribution in [3.05, 3.63) is 94.5 Å². The number of benzene rings is 3. The lowest BCUT2D eigenvalue weighted by atomic mass is 10.0. The Morgan fingerprint density at radius 3 is 2.39 bits per heavy atom. The zero-order valence-electron chi connectivity index (χ0n) is 20.8. The summed E-state index contributed by atoms with van der Waals surface area (Å²) in [6, 6.07) is 20.7. The van der Waals surface area contributed by atoms with Gasteiger partial charge >= 0.3 is 0 Å². The van der Waals surface area contributed by atoms with Crippen LogP contribution < -0.4 is 5.32 Å². The van der Waals surface area contributed by atoms with Crippen LogP contribution in [0.3, 0.4) is 0 Å². The molecule has 0 aliphatic carbocycles. The Hall–Kier alpha value is -3.71. The second-order valence-electron chi connectivity index (χ2n) is 9.13. The van der Waals surface area contributed by atoms with E-state index in [9.17, 15) is 9.59 Å². The zero-order valence-corrected chi connectivity index (χ0v) is 21.6. The van der Waals surface area contributed by atoms with E-state index in [2.05, 4.69) is 17.4 Å². The van der Waals surface area contributed by atoms with E-state index in [4.69, 9.17) is 9.98 Å². The largest absolute Gasteiger partial charge is 0.325 e. The molecule has 2 aliphatic heterocycles. The molecule has 0 fully saturated rings. The summed E-state index contributed by atoms with van der Waals surface area (Å²) in [6.07, 6.45) is 0.581. The fourth-order valence-electron chi connectivity index (χ4n) is 4.71. The highest BCUT2D eigenvalue weighted by Gasteiger charge is 2.43. The quantitative estimate of drug-likeness (QED) is 0.464. The molecular formula is C29H28N4O2S. The molecule has 6 nitrogen and oxygen atoms in total. The van der Waals surface area contributed by atoms with Gasteiger partial charge in [-0.05, 0) is 56.0 Å². The Labute approximate surface area is 215 Å². The summed E-state index contributed by atoms with van der Waals surface area (Å²) in [4.78, 5) is 38.2. The van der Waals surface area contributed by atoms with E-state index in [1.807, 2.05) is 82.3 Å². The molecule has 0 saturated carbocycles. The van der Waals surface area contributed by atoms with Crippen molar-refractivity contribution in [1.82, 2.24) is 4.90 Å². The minimum absolute atomic E-state index is 0.108. The zero-order chi connectivity index (χ0) is 25.4. The molecule has 2 amide bonds. The molecule has 182 valence electrons. The first-order valence-corrected chi connectivity index (χ1v) is 13.0. The first-order chi connectivity index (χ1) is 17.4. The number of hydrogen-bond donors (Lipinski definition) is 1. The van der Waals surface area contributed by atoms with Crippen molar-refractivity contribution in [2.24, 2.45) is 9.98 Å². The highest BCUT2D eigenvalue weighted by Crippen LogP contribution is 2.39. The molecular weight excluding hydrogens is 468 g/mol. The van der Waals surface area contributed by atoms with Gasteiger partial charge in [-0.2, -0.15) is 0 Å². The number of anilines is 1. The van der Waals surface area contributed by atoms with Gasteiger partial charge in [0, 0.05) is 11.3 Å². The summed E-state index contributed by atoms with van der Waals surface area (Å²) in [5.41, 5.74) is 6.45. The van der Waals surface area contributed by atoms with E-state index in [0.29, 0.717) is 17.4 Å². The van der Waals surface area contributed by atoms with Crippen LogP contribution in [-0.2, 0) is 9.59 Å². The number of carbonyl (C=O) groups is 2. The van der Waals surface area contributed by atoms with Crippen LogP contribution in [0.5, 0.6) is 0 Å². The first kappa shape index (κ1) is 24.0. The van der Waals surface area contributed by atoms with Crippen molar-refractivity contribution in [2.45, 2.75) is 45.4 Å². The summed E-state index contributed by atoms with van der Waals surface area (Å²) in [7, 11) is 0. The van der Waals surface area contributed by atoms with Crippen molar-refractivity contribution < 1.29 is 9.59 Å². The third kappa shape index (κ3) is 4.35. The Morgan fingerprint density at radius 2 is 1.69 bits per heavy atom. The maximum Gasteiger partial charge on any atom is 0.263 e. The molecule has 0 aromatic heterocycles. The molecule has 36 heavy (non-hydrogen) atoms. The van der Waals surface area contributed by atoms with Gasteiger partial charge in [0.1, 0.15) is 5.84 Å². The number of aliphatic imine (C=N–C) groups is 2. The summed E-state index contributed by atoms with van der Waals surface area (Å²) >= 11 is 1.31. The molecule has 0 radical (unpaired) electrons. The molecule has 0 saturated heterocycles. The van der Waals surface area contributed by atoms with E-state index in [1.165, 1.54) is 11.8 Å². The lowest BCUT2D eigenvalue weighted by Gasteiger charge is -2.27. The minimum atomic E-state index is -0.634. The van der Waals surface area contributed by atoms with Crippen molar-refractivity contribution in [1.29, 1.82) is 0 Å². The maximum atomic E-state index is 13.6. The van der Waals surface area contributed by atoms with Crippen molar-refractivity contribution in [3.8, 4) is 0 Å². The fraction of sp³-hybridized carbons (Fsp3) is 0.241. The van der Waals surface area contributed by atoms with Gasteiger partial charge in [-0.3, -0.25) is 9.59 Å². The second kappa shape index (κ2) is 9.74. The van der Waals surface area contributed by atoms with Gasteiger partial charge in [0.2, 0.25) is 5.91 Å². The normalized spacial score (nSPS) is 17.2. The molecule has 1 N–H and O–H groups in total. The van der Waals surface area contributed by atoms with Gasteiger partial charge < -0.3 is 5.32 Å². The predicted octanol–water partition coefficient (Wildman–Crippen LogP) is 6.09. The molecule has 2 heterocycles. The summed E-state index contributed by atoms with van der Waals surface area (Å²) in [5, 5.41) is 3.17. The third-order valence-electron chi connectivity index (χ3n) is 6.42. The van der Waals surface area contributed by atoms with Gasteiger partial charge in [0.05, 0.1) is 10.9 Å². The number of carbonyl (C=O) groups excluding carboxylic acids is 2. The number of amidine groups is 2. The smallest absolute Gasteiger partial charge is 0.263 e. The lowest BCUT2D eigenvalue weighted by molar-refractivity contribution is -0.124. The van der Waals surface area contributed by atoms with E-state index >= 15 is 0 Å². The van der Waals surface area contributed by atoms with Crippen molar-refractivity contribution in [3.63, 3.8) is 0 Å². The number of nitrogens with zero attached hydrogens (tertiary/aromatic N) is 3. The summed E-state index contributed by atoms with van der Waals surface area (Å²) < 4.78 is 0. The van der Waals surface area contributed by atoms with E-state index in [1.54, 1.807) is 4.90 Å². The van der Waals surface area contributed by atoms with Crippen molar-refractivity contribution in [2.75, 3.05) is 5.32 Å². The van der Waals surface area contributed by atoms with Crippen LogP contribution in [0.2, 0.25) is 0 Å². The van der Waals surface area contributed by atoms with Crippen LogP contribution in [0.1, 0.15) is 47.2 Å². The number of aryl methyl sites for hydroxylation is 3. The monoisotopic (exact) mass is 496 g/mol. The molecule has 0 spiro atoms. The first-order valence-electron chi connectivity index (χ1n) is 12.1. The molecule has 5 rings (SSSR count). The fourth-order valence-corrected chi connectivity index (χ4v) is 5.73. The van der Waals surface area contributed by atoms with Crippen LogP contribution in [0, 0.1) is 20.8 Å². The van der Waals surface area contributed by atoms with E-state index in [0.717, 1.165) is 39.2 Å². The molecule has 2 aliphatic rings. The van der Waals surface area contributed by atoms with Crippen LogP contribution in [0.25, 0.3) is 0 Å². The topological polar surface area (TPSA) is 74.1 Å². The summed E-state index contributed by atoms with van der Waals surface area (Å²) in [6.45, 7) is 8.02. The number of thioether (sulfide) groups is 1. The van der Waals surface area contributed by atoms with Gasteiger partial charge in [-0.1, -0.05) is 78.8 Å². The highest BCUT2D eigenvalue weighted by molar-refractivity contribution is 8.15. The second-order valence-corrected chi connectivity index (χ2v) is 10.3. The number of rotatable bonds is 5. The SMILES string of the molecule is CC[C@H](SC1=Nc2ccccc2C2=N[C@H](c3ccccc3)C(=O)N12)C(=O)Nc1c(C)cc(C)cc1C. The molecule has 0 bridgehead atoms. The molecule has 2 atom stereocenters. The number of nitrogens with one attached hydrogen (secondary N) is 1. The maximum absolute atomic E-state index is 13.6. The van der Waals surface area contributed by atoms with Crippen LogP contribution in [-0.4, -0.2) is 33.0 Å². The number of amides is 2.